The van der Waals surface area contributed by atoms with Gasteiger partial charge in [-0.05, 0) is 50.5 Å². The van der Waals surface area contributed by atoms with E-state index in [0.717, 1.165) is 37.5 Å². The van der Waals surface area contributed by atoms with Crippen LogP contribution in [0.3, 0.4) is 0 Å². The van der Waals surface area contributed by atoms with E-state index in [-0.39, 0.29) is 25.2 Å². The van der Waals surface area contributed by atoms with Crippen LogP contribution in [-0.4, -0.2) is 68.1 Å². The second kappa shape index (κ2) is 8.39. The Balaban J connectivity index is 1.65. The van der Waals surface area contributed by atoms with Crippen molar-refractivity contribution in [3.63, 3.8) is 0 Å². The van der Waals surface area contributed by atoms with Gasteiger partial charge in [-0.3, -0.25) is 9.78 Å². The molecule has 3 aliphatic heterocycles. The first-order valence-electron chi connectivity index (χ1n) is 10.2. The second-order valence-electron chi connectivity index (χ2n) is 8.03. The fourth-order valence-corrected chi connectivity index (χ4v) is 5.20. The summed E-state index contributed by atoms with van der Waals surface area (Å²) in [6, 6.07) is 1.35. The van der Waals surface area contributed by atoms with E-state index in [1.54, 1.807) is 11.1 Å². The lowest BCUT2D eigenvalue weighted by atomic mass is 9.83. The monoisotopic (exact) mass is 421 g/mol. The predicted molar refractivity (Wildman–Crippen MR) is 108 cm³/mol. The first-order chi connectivity index (χ1) is 13.9. The molecular weight excluding hydrogens is 394 g/mol. The molecule has 1 amide bonds. The molecule has 5 rings (SSSR count). The topological polar surface area (TPSA) is 98.2 Å². The van der Waals surface area contributed by atoms with Gasteiger partial charge < -0.3 is 14.4 Å². The van der Waals surface area contributed by atoms with Crippen LogP contribution >= 0.6 is 0 Å². The molecule has 4 heterocycles. The molecular formula is C20H27N3O5S. The summed E-state index contributed by atoms with van der Waals surface area (Å²) in [6.45, 7) is 0.704. The van der Waals surface area contributed by atoms with Crippen molar-refractivity contribution in [1.29, 1.82) is 0 Å². The number of rotatable bonds is 1. The van der Waals surface area contributed by atoms with Crippen LogP contribution in [0.1, 0.15) is 50.0 Å². The zero-order valence-electron chi connectivity index (χ0n) is 16.6. The molecule has 1 saturated heterocycles. The number of sulfonamides is 1. The van der Waals surface area contributed by atoms with E-state index >= 15 is 0 Å². The lowest BCUT2D eigenvalue weighted by Crippen LogP contribution is -2.53. The molecule has 2 bridgehead atoms. The fraction of sp³-hybridized carbons (Fsp3) is 0.650. The molecule has 2 fully saturated rings. The molecule has 0 N–H and O–H groups in total. The molecule has 158 valence electrons. The molecule has 0 unspecified atom stereocenters. The van der Waals surface area contributed by atoms with E-state index in [2.05, 4.69) is 9.38 Å². The molecule has 0 aromatic carbocycles. The highest BCUT2D eigenvalue weighted by Crippen LogP contribution is 2.38. The maximum atomic E-state index is 13.0. The Labute approximate surface area is 171 Å². The number of hydrogen-bond acceptors (Lipinski definition) is 6. The minimum absolute atomic E-state index is 0.101. The smallest absolute Gasteiger partial charge is 0.261 e. The summed E-state index contributed by atoms with van der Waals surface area (Å²) in [5.41, 5.74) is 1.55. The summed E-state index contributed by atoms with van der Waals surface area (Å²) in [6.07, 6.45) is 9.69. The lowest BCUT2D eigenvalue weighted by molar-refractivity contribution is -0.136. The number of carbonyl (C=O) groups is 1. The third-order valence-corrected chi connectivity index (χ3v) is 6.53. The number of nitrogens with zero attached hydrogens (tertiary/aromatic N) is 3. The van der Waals surface area contributed by atoms with E-state index in [9.17, 15) is 13.2 Å². The zero-order chi connectivity index (χ0) is 20.4. The summed E-state index contributed by atoms with van der Waals surface area (Å²) in [4.78, 5) is 18.9. The maximum Gasteiger partial charge on any atom is 0.261 e. The van der Waals surface area contributed by atoms with Gasteiger partial charge >= 0.3 is 0 Å². The molecule has 29 heavy (non-hydrogen) atoms. The number of amides is 1. The van der Waals surface area contributed by atoms with Crippen molar-refractivity contribution >= 4 is 21.6 Å². The number of piperidine rings is 1. The highest BCUT2D eigenvalue weighted by Gasteiger charge is 2.35. The Kier molecular flexibility index (Phi) is 5.87. The molecule has 9 heteroatoms. The molecule has 1 atom stereocenters. The van der Waals surface area contributed by atoms with E-state index < -0.39 is 16.1 Å². The van der Waals surface area contributed by atoms with E-state index in [1.165, 1.54) is 0 Å². The van der Waals surface area contributed by atoms with Crippen LogP contribution in [0.5, 0.6) is 5.75 Å². The van der Waals surface area contributed by atoms with Gasteiger partial charge in [0.1, 0.15) is 5.75 Å². The number of pyridine rings is 1. The normalized spacial score (nSPS) is 29.8. The summed E-state index contributed by atoms with van der Waals surface area (Å²) in [7, 11) is -3.54. The number of fused-ring (bicyclic) bond motifs is 5. The Morgan fingerprint density at radius 3 is 2.79 bits per heavy atom. The van der Waals surface area contributed by atoms with Crippen LogP contribution in [0.4, 0.5) is 0 Å². The Morgan fingerprint density at radius 1 is 1.24 bits per heavy atom. The van der Waals surface area contributed by atoms with Crippen molar-refractivity contribution in [3.05, 3.63) is 24.0 Å². The van der Waals surface area contributed by atoms with Gasteiger partial charge in [0.2, 0.25) is 10.0 Å². The molecule has 1 aromatic heterocycles. The molecule has 1 aliphatic carbocycles. The zero-order valence-corrected chi connectivity index (χ0v) is 17.4. The summed E-state index contributed by atoms with van der Waals surface area (Å²) in [5.74, 6) is 0.865. The predicted octanol–water partition coefficient (Wildman–Crippen LogP) is 1.91. The second-order valence-corrected chi connectivity index (χ2v) is 9.68. The van der Waals surface area contributed by atoms with Crippen molar-refractivity contribution in [2.45, 2.75) is 56.6 Å². The van der Waals surface area contributed by atoms with Gasteiger partial charge in [0, 0.05) is 24.5 Å². The standard InChI is InChI=1S/C20H27N3O5S/c1-29(25,26)22-17-3-2-10-23-18(17)12-27-15-6-4-14(5-7-15)16-11-21-9-8-19(16)28-13-20(23)24/h8-9,11,14-15,18H,2-7,10,12-13H2,1H3/b22-17+/t14?,15?,18-/m0/s1. The van der Waals surface area contributed by atoms with E-state index in [1.807, 2.05) is 12.3 Å². The van der Waals surface area contributed by atoms with Crippen LogP contribution in [0.25, 0.3) is 0 Å². The highest BCUT2D eigenvalue weighted by molar-refractivity contribution is 7.89. The van der Waals surface area contributed by atoms with Gasteiger partial charge in [0.05, 0.1) is 30.7 Å². The van der Waals surface area contributed by atoms with E-state index in [0.29, 0.717) is 36.8 Å². The van der Waals surface area contributed by atoms with Crippen molar-refractivity contribution in [2.75, 3.05) is 26.0 Å². The van der Waals surface area contributed by atoms with Crippen LogP contribution in [-0.2, 0) is 19.6 Å². The largest absolute Gasteiger partial charge is 0.483 e. The van der Waals surface area contributed by atoms with Crippen molar-refractivity contribution in [3.8, 4) is 5.75 Å². The molecule has 4 aliphatic rings. The lowest BCUT2D eigenvalue weighted by Gasteiger charge is -2.37. The minimum atomic E-state index is -3.54. The summed E-state index contributed by atoms with van der Waals surface area (Å²) < 4.78 is 39.6. The van der Waals surface area contributed by atoms with Crippen molar-refractivity contribution in [1.82, 2.24) is 9.88 Å². The highest BCUT2D eigenvalue weighted by atomic mass is 32.2. The van der Waals surface area contributed by atoms with Crippen LogP contribution in [0, 0.1) is 0 Å². The SMILES string of the molecule is CS(=O)(=O)/N=C1\CCCN2C(=O)COc3ccncc3C3CCC(CC3)OC[C@@H]12. The minimum Gasteiger partial charge on any atom is -0.483 e. The Bertz CT molecular complexity index is 893. The Morgan fingerprint density at radius 2 is 2.03 bits per heavy atom. The summed E-state index contributed by atoms with van der Waals surface area (Å²) >= 11 is 0. The van der Waals surface area contributed by atoms with Crippen LogP contribution < -0.4 is 4.74 Å². The van der Waals surface area contributed by atoms with Gasteiger partial charge in [0.25, 0.3) is 5.91 Å². The van der Waals surface area contributed by atoms with Gasteiger partial charge in [-0.1, -0.05) is 0 Å². The first kappa shape index (κ1) is 20.3. The number of hydrogen-bond donors (Lipinski definition) is 0. The Hall–Kier alpha value is -2.00. The van der Waals surface area contributed by atoms with Crippen molar-refractivity contribution < 1.29 is 22.7 Å². The van der Waals surface area contributed by atoms with Gasteiger partial charge in [0.15, 0.2) is 6.61 Å². The number of carbonyl (C=O) groups excluding carboxylic acids is 1. The molecule has 1 saturated carbocycles. The van der Waals surface area contributed by atoms with Gasteiger partial charge in [-0.15, -0.1) is 0 Å². The quantitative estimate of drug-likeness (QED) is 0.687. The van der Waals surface area contributed by atoms with Crippen molar-refractivity contribution in [2.24, 2.45) is 4.40 Å². The molecule has 0 spiro atoms. The average Bonchev–Trinajstić information content (AvgIpc) is 2.71. The number of ether oxygens (including phenoxy) is 2. The third kappa shape index (κ3) is 4.78. The average molecular weight is 422 g/mol. The van der Waals surface area contributed by atoms with Crippen LogP contribution in [0.2, 0.25) is 0 Å². The third-order valence-electron chi connectivity index (χ3n) is 5.96. The first-order valence-corrected chi connectivity index (χ1v) is 12.0. The van der Waals surface area contributed by atoms with Gasteiger partial charge in [-0.25, -0.2) is 8.42 Å². The fourth-order valence-electron chi connectivity index (χ4n) is 4.56. The molecule has 1 aromatic rings. The molecule has 8 nitrogen and oxygen atoms in total. The maximum absolute atomic E-state index is 13.0. The van der Waals surface area contributed by atoms with Crippen LogP contribution in [0.15, 0.2) is 22.9 Å². The van der Waals surface area contributed by atoms with Gasteiger partial charge in [-0.2, -0.15) is 4.40 Å². The van der Waals surface area contributed by atoms with E-state index in [4.69, 9.17) is 9.47 Å². The number of aromatic nitrogens is 1. The summed E-state index contributed by atoms with van der Waals surface area (Å²) in [5, 5.41) is 0. The molecule has 0 radical (unpaired) electrons.